The van der Waals surface area contributed by atoms with Gasteiger partial charge in [-0.25, -0.2) is 0 Å². The van der Waals surface area contributed by atoms with Crippen LogP contribution in [0.1, 0.15) is 49.3 Å². The van der Waals surface area contributed by atoms with Crippen LogP contribution in [0, 0.1) is 0 Å². The summed E-state index contributed by atoms with van der Waals surface area (Å²) in [7, 11) is 0. The molecule has 3 aliphatic rings. The van der Waals surface area contributed by atoms with Gasteiger partial charge < -0.3 is 25.8 Å². The van der Waals surface area contributed by atoms with Crippen molar-refractivity contribution in [2.45, 2.75) is 62.9 Å². The third kappa shape index (κ3) is 3.54. The summed E-state index contributed by atoms with van der Waals surface area (Å²) >= 11 is 0. The molecule has 26 heavy (non-hydrogen) atoms. The number of carbonyl (C=O) groups excluding carboxylic acids is 2. The van der Waals surface area contributed by atoms with Gasteiger partial charge in [-0.3, -0.25) is 9.59 Å². The van der Waals surface area contributed by atoms with E-state index in [-0.39, 0.29) is 18.2 Å². The first kappa shape index (κ1) is 17.3. The Morgan fingerprint density at radius 1 is 1.23 bits per heavy atom. The molecule has 4 rings (SSSR count). The lowest BCUT2D eigenvalue weighted by molar-refractivity contribution is -0.139. The normalized spacial score (nSPS) is 27.3. The number of hydrogen-bond donors (Lipinski definition) is 4. The molecule has 1 aliphatic carbocycles. The van der Waals surface area contributed by atoms with Crippen LogP contribution in [0.5, 0.6) is 0 Å². The maximum atomic E-state index is 12.0. The molecule has 7 heteroatoms. The van der Waals surface area contributed by atoms with E-state index in [4.69, 9.17) is 4.74 Å². The van der Waals surface area contributed by atoms with Crippen LogP contribution in [0.3, 0.4) is 0 Å². The molecule has 0 aromatic heterocycles. The predicted molar refractivity (Wildman–Crippen MR) is 95.4 cm³/mol. The Morgan fingerprint density at radius 2 is 2.04 bits per heavy atom. The first-order chi connectivity index (χ1) is 12.6. The molecule has 3 atom stereocenters. The largest absolute Gasteiger partial charge is 0.389 e. The summed E-state index contributed by atoms with van der Waals surface area (Å²) < 4.78 is 5.74. The molecule has 2 fully saturated rings. The van der Waals surface area contributed by atoms with Gasteiger partial charge in [0.25, 0.3) is 0 Å². The van der Waals surface area contributed by atoms with Gasteiger partial charge in [-0.2, -0.15) is 0 Å². The third-order valence-corrected chi connectivity index (χ3v) is 5.55. The first-order valence-electron chi connectivity index (χ1n) is 9.38. The van der Waals surface area contributed by atoms with E-state index >= 15 is 0 Å². The van der Waals surface area contributed by atoms with Crippen LogP contribution in [0.4, 0.5) is 5.69 Å². The van der Waals surface area contributed by atoms with E-state index in [9.17, 15) is 14.7 Å². The molecule has 0 unspecified atom stereocenters. The summed E-state index contributed by atoms with van der Waals surface area (Å²) in [4.78, 5) is 24.0. The van der Waals surface area contributed by atoms with Crippen molar-refractivity contribution in [1.29, 1.82) is 0 Å². The van der Waals surface area contributed by atoms with E-state index in [2.05, 4.69) is 16.0 Å². The monoisotopic (exact) mass is 359 g/mol. The number of ether oxygens (including phenoxy) is 1. The van der Waals surface area contributed by atoms with Crippen LogP contribution in [0.25, 0.3) is 0 Å². The van der Waals surface area contributed by atoms with Crippen molar-refractivity contribution < 1.29 is 19.4 Å². The molecule has 1 aromatic carbocycles. The molecule has 1 saturated heterocycles. The van der Waals surface area contributed by atoms with Gasteiger partial charge in [-0.1, -0.05) is 18.9 Å². The maximum absolute atomic E-state index is 12.0. The minimum Gasteiger partial charge on any atom is -0.389 e. The molecule has 2 amide bonds. The van der Waals surface area contributed by atoms with Crippen LogP contribution in [0.2, 0.25) is 0 Å². The van der Waals surface area contributed by atoms with Crippen LogP contribution >= 0.6 is 0 Å². The molecule has 4 N–H and O–H groups in total. The zero-order valence-corrected chi connectivity index (χ0v) is 14.7. The highest BCUT2D eigenvalue weighted by molar-refractivity contribution is 6.35. The highest BCUT2D eigenvalue weighted by atomic mass is 16.5. The summed E-state index contributed by atoms with van der Waals surface area (Å²) in [6.07, 6.45) is 4.32. The Morgan fingerprint density at radius 3 is 2.85 bits per heavy atom. The molecular formula is C19H25N3O4. The zero-order valence-electron chi connectivity index (χ0n) is 14.7. The molecule has 2 bridgehead atoms. The number of benzene rings is 1. The lowest BCUT2D eigenvalue weighted by atomic mass is 9.89. The Bertz CT molecular complexity index is 702. The minimum atomic E-state index is -0.593. The van der Waals surface area contributed by atoms with Crippen molar-refractivity contribution >= 4 is 17.5 Å². The standard InChI is InChI=1S/C19H25N3O4/c23-16-10-26-17-8-15(16)22-14-6-5-11(7-13(14)17)9-20-18(24)19(25)21-12-3-1-2-4-12/h5-7,12,15-17,22-23H,1-4,8-10H2,(H,20,24)(H,21,25)/t15-,16+,17-/m0/s1. The van der Waals surface area contributed by atoms with Crippen LogP contribution in [-0.2, 0) is 20.9 Å². The van der Waals surface area contributed by atoms with Gasteiger partial charge in [-0.15, -0.1) is 0 Å². The van der Waals surface area contributed by atoms with Gasteiger partial charge >= 0.3 is 11.8 Å². The summed E-state index contributed by atoms with van der Waals surface area (Å²) in [6.45, 7) is 0.618. The quantitative estimate of drug-likeness (QED) is 0.603. The predicted octanol–water partition coefficient (Wildman–Crippen LogP) is 0.978. The zero-order chi connectivity index (χ0) is 18.1. The number of amides is 2. The van der Waals surface area contributed by atoms with Crippen molar-refractivity contribution in [3.63, 3.8) is 0 Å². The van der Waals surface area contributed by atoms with Crippen molar-refractivity contribution in [2.75, 3.05) is 11.9 Å². The van der Waals surface area contributed by atoms with Crippen LogP contribution < -0.4 is 16.0 Å². The average Bonchev–Trinajstić information content (AvgIpc) is 3.16. The number of aliphatic hydroxyl groups is 1. The number of hydrogen-bond acceptors (Lipinski definition) is 5. The second kappa shape index (κ2) is 7.25. The highest BCUT2D eigenvalue weighted by Crippen LogP contribution is 2.39. The van der Waals surface area contributed by atoms with E-state index in [0.29, 0.717) is 13.2 Å². The molecule has 2 aliphatic heterocycles. The Balaban J connectivity index is 1.36. The van der Waals surface area contributed by atoms with Gasteiger partial charge in [0.2, 0.25) is 0 Å². The van der Waals surface area contributed by atoms with Crippen molar-refractivity contribution in [3.8, 4) is 0 Å². The molecule has 0 radical (unpaired) electrons. The molecule has 140 valence electrons. The number of carbonyl (C=O) groups is 2. The van der Waals surface area contributed by atoms with E-state index < -0.39 is 17.9 Å². The fourth-order valence-electron chi connectivity index (χ4n) is 4.06. The van der Waals surface area contributed by atoms with Crippen molar-refractivity contribution in [2.24, 2.45) is 0 Å². The number of aliphatic hydroxyl groups excluding tert-OH is 1. The second-order valence-electron chi connectivity index (χ2n) is 7.43. The number of nitrogens with one attached hydrogen (secondary N) is 3. The van der Waals surface area contributed by atoms with Crippen LogP contribution in [0.15, 0.2) is 18.2 Å². The highest BCUT2D eigenvalue weighted by Gasteiger charge is 2.36. The van der Waals surface area contributed by atoms with E-state index in [1.807, 2.05) is 18.2 Å². The van der Waals surface area contributed by atoms with Gasteiger partial charge in [0.1, 0.15) is 0 Å². The van der Waals surface area contributed by atoms with E-state index in [0.717, 1.165) is 48.9 Å². The summed E-state index contributed by atoms with van der Waals surface area (Å²) in [5, 5.41) is 18.8. The van der Waals surface area contributed by atoms with Gasteiger partial charge in [0.15, 0.2) is 0 Å². The molecule has 1 saturated carbocycles. The first-order valence-corrected chi connectivity index (χ1v) is 9.38. The van der Waals surface area contributed by atoms with E-state index in [1.54, 1.807) is 0 Å². The topological polar surface area (TPSA) is 99.7 Å². The molecule has 0 spiro atoms. The lowest BCUT2D eigenvalue weighted by Gasteiger charge is -2.40. The Hall–Kier alpha value is -2.12. The van der Waals surface area contributed by atoms with Crippen molar-refractivity contribution in [3.05, 3.63) is 29.3 Å². The number of fused-ring (bicyclic) bond motifs is 4. The number of rotatable bonds is 3. The number of anilines is 1. The SMILES string of the molecule is O=C(NCc1ccc2c(c1)[C@@H]1C[C@H](N2)[C@H](O)CO1)C(=O)NC1CCCC1. The minimum absolute atomic E-state index is 0.0195. The van der Waals surface area contributed by atoms with Gasteiger partial charge in [0, 0.05) is 30.3 Å². The summed E-state index contributed by atoms with van der Waals surface area (Å²) in [6, 6.07) is 6.00. The Labute approximate surface area is 152 Å². The fraction of sp³-hybridized carbons (Fsp3) is 0.579. The van der Waals surface area contributed by atoms with E-state index in [1.165, 1.54) is 0 Å². The molecule has 7 nitrogen and oxygen atoms in total. The fourth-order valence-corrected chi connectivity index (χ4v) is 4.06. The average molecular weight is 359 g/mol. The molecule has 2 heterocycles. The smallest absolute Gasteiger partial charge is 0.309 e. The lowest BCUT2D eigenvalue weighted by Crippen LogP contribution is -2.46. The molecule has 1 aromatic rings. The van der Waals surface area contributed by atoms with Gasteiger partial charge in [0.05, 0.1) is 24.9 Å². The van der Waals surface area contributed by atoms with Crippen molar-refractivity contribution in [1.82, 2.24) is 10.6 Å². The Kier molecular flexibility index (Phi) is 4.82. The maximum Gasteiger partial charge on any atom is 0.309 e. The molecular weight excluding hydrogens is 334 g/mol. The third-order valence-electron chi connectivity index (χ3n) is 5.55. The second-order valence-corrected chi connectivity index (χ2v) is 7.43. The summed E-state index contributed by atoms with van der Waals surface area (Å²) in [5.41, 5.74) is 2.91. The summed E-state index contributed by atoms with van der Waals surface area (Å²) in [5.74, 6) is -1.14. The van der Waals surface area contributed by atoms with Crippen LogP contribution in [-0.4, -0.2) is 41.7 Å². The van der Waals surface area contributed by atoms with Gasteiger partial charge in [-0.05, 0) is 30.5 Å².